The molecule has 2 aromatic rings. The summed E-state index contributed by atoms with van der Waals surface area (Å²) in [4.78, 5) is 2.40. The summed E-state index contributed by atoms with van der Waals surface area (Å²) < 4.78 is 5.49. The summed E-state index contributed by atoms with van der Waals surface area (Å²) in [5.41, 5.74) is 9.36. The van der Waals surface area contributed by atoms with E-state index >= 15 is 0 Å². The van der Waals surface area contributed by atoms with Gasteiger partial charge in [-0.3, -0.25) is 4.90 Å². The van der Waals surface area contributed by atoms with Crippen LogP contribution in [0.5, 0.6) is 0 Å². The van der Waals surface area contributed by atoms with Gasteiger partial charge in [-0.2, -0.15) is 0 Å². The van der Waals surface area contributed by atoms with Gasteiger partial charge in [0.05, 0.1) is 6.54 Å². The Balaban J connectivity index is 1.67. The molecule has 0 radical (unpaired) electrons. The molecule has 4 nitrogen and oxygen atoms in total. The molecule has 2 N–H and O–H groups in total. The van der Waals surface area contributed by atoms with Crippen molar-refractivity contribution in [1.29, 1.82) is 0 Å². The molecule has 1 aromatic carbocycles. The monoisotopic (exact) mass is 285 g/mol. The lowest BCUT2D eigenvalue weighted by atomic mass is 9.90. The third-order valence-corrected chi connectivity index (χ3v) is 4.42. The molecule has 1 aromatic heterocycles. The van der Waals surface area contributed by atoms with Crippen LogP contribution in [0.1, 0.15) is 24.7 Å². The molecule has 0 bridgehead atoms. The molecule has 1 aliphatic rings. The molecule has 0 saturated carbocycles. The third-order valence-electron chi connectivity index (χ3n) is 4.42. The van der Waals surface area contributed by atoms with Gasteiger partial charge in [0, 0.05) is 18.2 Å². The van der Waals surface area contributed by atoms with Crippen molar-refractivity contribution in [2.24, 2.45) is 11.1 Å². The minimum atomic E-state index is 0.250. The maximum Gasteiger partial charge on any atom is 0.151 e. The molecule has 4 heteroatoms. The van der Waals surface area contributed by atoms with Gasteiger partial charge >= 0.3 is 0 Å². The number of nitrogens with zero attached hydrogens (tertiary/aromatic N) is 2. The topological polar surface area (TPSA) is 55.3 Å². The first kappa shape index (κ1) is 14.3. The number of aryl methyl sites for hydroxylation is 1. The second-order valence-corrected chi connectivity index (χ2v) is 6.52. The molecule has 0 spiro atoms. The Labute approximate surface area is 125 Å². The van der Waals surface area contributed by atoms with Crippen LogP contribution in [0.4, 0.5) is 0 Å². The third kappa shape index (κ3) is 3.17. The highest BCUT2D eigenvalue weighted by Gasteiger charge is 2.32. The molecule has 112 valence electrons. The van der Waals surface area contributed by atoms with E-state index in [1.807, 2.05) is 6.07 Å². The van der Waals surface area contributed by atoms with Gasteiger partial charge in [-0.25, -0.2) is 0 Å². The smallest absolute Gasteiger partial charge is 0.151 e. The van der Waals surface area contributed by atoms with Gasteiger partial charge in [0.1, 0.15) is 5.69 Å². The van der Waals surface area contributed by atoms with Crippen molar-refractivity contribution in [3.8, 4) is 11.3 Å². The van der Waals surface area contributed by atoms with E-state index in [4.69, 9.17) is 10.3 Å². The highest BCUT2D eigenvalue weighted by molar-refractivity contribution is 5.59. The lowest BCUT2D eigenvalue weighted by Crippen LogP contribution is -2.31. The van der Waals surface area contributed by atoms with E-state index in [9.17, 15) is 0 Å². The normalized spacial score (nSPS) is 22.8. The van der Waals surface area contributed by atoms with Crippen molar-refractivity contribution in [3.63, 3.8) is 0 Å². The molecule has 0 aliphatic carbocycles. The van der Waals surface area contributed by atoms with E-state index in [0.29, 0.717) is 0 Å². The first-order valence-corrected chi connectivity index (χ1v) is 7.53. The molecule has 0 amide bonds. The average molecular weight is 285 g/mol. The molecular formula is C17H23N3O. The molecule has 2 heterocycles. The van der Waals surface area contributed by atoms with Crippen molar-refractivity contribution in [1.82, 2.24) is 10.1 Å². The first-order valence-electron chi connectivity index (χ1n) is 7.53. The fourth-order valence-corrected chi connectivity index (χ4v) is 2.90. The maximum atomic E-state index is 5.85. The van der Waals surface area contributed by atoms with Crippen LogP contribution >= 0.6 is 0 Å². The average Bonchev–Trinajstić information content (AvgIpc) is 3.08. The Morgan fingerprint density at radius 2 is 2.10 bits per heavy atom. The Bertz CT molecular complexity index is 605. The van der Waals surface area contributed by atoms with Gasteiger partial charge in [0.25, 0.3) is 0 Å². The van der Waals surface area contributed by atoms with Crippen molar-refractivity contribution in [3.05, 3.63) is 41.7 Å². The number of likely N-dealkylation sites (tertiary alicyclic amines) is 1. The molecule has 3 rings (SSSR count). The van der Waals surface area contributed by atoms with Crippen LogP contribution in [0, 0.1) is 12.3 Å². The summed E-state index contributed by atoms with van der Waals surface area (Å²) in [6.45, 7) is 8.01. The number of hydrogen-bond donors (Lipinski definition) is 1. The summed E-state index contributed by atoms with van der Waals surface area (Å²) >= 11 is 0. The molecular weight excluding hydrogens is 262 g/mol. The maximum absolute atomic E-state index is 5.85. The zero-order chi connectivity index (χ0) is 14.9. The van der Waals surface area contributed by atoms with Gasteiger partial charge in [0.2, 0.25) is 0 Å². The molecule has 21 heavy (non-hydrogen) atoms. The summed E-state index contributed by atoms with van der Waals surface area (Å²) in [6, 6.07) is 10.4. The van der Waals surface area contributed by atoms with E-state index in [0.717, 1.165) is 49.6 Å². The second-order valence-electron chi connectivity index (χ2n) is 6.52. The fraction of sp³-hybridized carbons (Fsp3) is 0.471. The van der Waals surface area contributed by atoms with Crippen LogP contribution in [-0.2, 0) is 6.54 Å². The van der Waals surface area contributed by atoms with Gasteiger partial charge < -0.3 is 10.3 Å². The fourth-order valence-electron chi connectivity index (χ4n) is 2.90. The van der Waals surface area contributed by atoms with Gasteiger partial charge in [-0.15, -0.1) is 0 Å². The molecule has 1 saturated heterocycles. The summed E-state index contributed by atoms with van der Waals surface area (Å²) in [7, 11) is 0. The summed E-state index contributed by atoms with van der Waals surface area (Å²) in [5, 5.41) is 4.19. The minimum absolute atomic E-state index is 0.250. The van der Waals surface area contributed by atoms with Crippen LogP contribution in [-0.4, -0.2) is 29.7 Å². The highest BCUT2D eigenvalue weighted by atomic mass is 16.5. The molecule has 1 aliphatic heterocycles. The van der Waals surface area contributed by atoms with Crippen molar-refractivity contribution < 1.29 is 4.52 Å². The van der Waals surface area contributed by atoms with Gasteiger partial charge in [-0.05, 0) is 31.8 Å². The van der Waals surface area contributed by atoms with Crippen molar-refractivity contribution in [2.75, 3.05) is 19.6 Å². The zero-order valence-corrected chi connectivity index (χ0v) is 12.8. The predicted molar refractivity (Wildman–Crippen MR) is 83.7 cm³/mol. The summed E-state index contributed by atoms with van der Waals surface area (Å²) in [6.07, 6.45) is 1.16. The number of nitrogens with two attached hydrogens (primary N) is 1. The molecule has 1 atom stereocenters. The predicted octanol–water partition coefficient (Wildman–Crippen LogP) is 2.82. The van der Waals surface area contributed by atoms with Crippen LogP contribution in [0.15, 0.2) is 34.9 Å². The van der Waals surface area contributed by atoms with Crippen LogP contribution in [0.2, 0.25) is 0 Å². The lowest BCUT2D eigenvalue weighted by molar-refractivity contribution is 0.243. The minimum Gasteiger partial charge on any atom is -0.359 e. The van der Waals surface area contributed by atoms with E-state index in [1.165, 1.54) is 5.56 Å². The highest BCUT2D eigenvalue weighted by Crippen LogP contribution is 2.30. The zero-order valence-electron chi connectivity index (χ0n) is 12.8. The number of aromatic nitrogens is 1. The van der Waals surface area contributed by atoms with Gasteiger partial charge in [0.15, 0.2) is 5.76 Å². The quantitative estimate of drug-likeness (QED) is 0.938. The molecule has 1 fully saturated rings. The van der Waals surface area contributed by atoms with Crippen LogP contribution in [0.25, 0.3) is 11.3 Å². The van der Waals surface area contributed by atoms with E-state index in [2.05, 4.69) is 48.2 Å². The SMILES string of the molecule is Cc1ccc(-c2cc(CN3CCC(C)(CN)C3)on2)cc1. The first-order chi connectivity index (χ1) is 10.1. The summed E-state index contributed by atoms with van der Waals surface area (Å²) in [5.74, 6) is 0.923. The molecule has 1 unspecified atom stereocenters. The number of benzene rings is 1. The number of hydrogen-bond acceptors (Lipinski definition) is 4. The Hall–Kier alpha value is -1.65. The van der Waals surface area contributed by atoms with Crippen LogP contribution in [0.3, 0.4) is 0 Å². The second kappa shape index (κ2) is 5.62. The Kier molecular flexibility index (Phi) is 3.83. The standard InChI is InChI=1S/C17H23N3O/c1-13-3-5-14(6-4-13)16-9-15(21-19-16)10-20-8-7-17(2,11-18)12-20/h3-6,9H,7-8,10-12,18H2,1-2H3. The van der Waals surface area contributed by atoms with E-state index < -0.39 is 0 Å². The lowest BCUT2D eigenvalue weighted by Gasteiger charge is -2.21. The number of rotatable bonds is 4. The van der Waals surface area contributed by atoms with E-state index in [-0.39, 0.29) is 5.41 Å². The largest absolute Gasteiger partial charge is 0.359 e. The Morgan fingerprint density at radius 1 is 1.33 bits per heavy atom. The van der Waals surface area contributed by atoms with Gasteiger partial charge in [-0.1, -0.05) is 41.9 Å². The van der Waals surface area contributed by atoms with Crippen molar-refractivity contribution in [2.45, 2.75) is 26.8 Å². The van der Waals surface area contributed by atoms with Crippen LogP contribution < -0.4 is 5.73 Å². The van der Waals surface area contributed by atoms with E-state index in [1.54, 1.807) is 0 Å². The van der Waals surface area contributed by atoms with Crippen molar-refractivity contribution >= 4 is 0 Å². The Morgan fingerprint density at radius 3 is 2.76 bits per heavy atom.